The molecule has 0 fully saturated rings. The number of quaternary nitrogens is 1. The van der Waals surface area contributed by atoms with Gasteiger partial charge in [0.1, 0.15) is 28.6 Å². The summed E-state index contributed by atoms with van der Waals surface area (Å²) in [5.41, 5.74) is 14.0. The highest BCUT2D eigenvalue weighted by molar-refractivity contribution is 6.15. The van der Waals surface area contributed by atoms with Crippen LogP contribution in [0.25, 0.3) is 50.4 Å². The predicted octanol–water partition coefficient (Wildman–Crippen LogP) is 7.65. The molecule has 0 saturated heterocycles. The van der Waals surface area contributed by atoms with Gasteiger partial charge >= 0.3 is 0 Å². The Bertz CT molecular complexity index is 2000. The summed E-state index contributed by atoms with van der Waals surface area (Å²) in [5, 5.41) is 4.98. The van der Waals surface area contributed by atoms with Gasteiger partial charge in [-0.05, 0) is 60.6 Å². The van der Waals surface area contributed by atoms with Crippen LogP contribution in [0.5, 0.6) is 0 Å². The molecule has 9 rings (SSSR count). The average molecular weight is 519 g/mol. The Labute approximate surface area is 232 Å². The summed E-state index contributed by atoms with van der Waals surface area (Å²) in [6.07, 6.45) is 8.41. The largest absolute Gasteiger partial charge is 0.456 e. The molecule has 0 bridgehead atoms. The standard InChI is InChI=1S/C36H27N3O/c1-2-10-22(11-3-1)34-36(38-27-15-7-6-14-26(27)37-34)35-25-18-17-21-9-4-5-12-23(21)24-13-8-16-29-32(24)33-30(40-29)20-19-28(39-35)31(25)33/h1-5,7-13,15-16,19-20,25,35,39H,6,14,17-18H2/p+1. The van der Waals surface area contributed by atoms with Crippen molar-refractivity contribution >= 4 is 33.7 Å². The number of benzene rings is 4. The lowest BCUT2D eigenvalue weighted by atomic mass is 9.84. The van der Waals surface area contributed by atoms with Gasteiger partial charge in [-0.15, -0.1) is 0 Å². The fraction of sp³-hybridized carbons (Fsp3) is 0.167. The summed E-state index contributed by atoms with van der Waals surface area (Å²) in [5.74, 6) is 0.279. The zero-order chi connectivity index (χ0) is 26.2. The van der Waals surface area contributed by atoms with Crippen molar-refractivity contribution in [1.82, 2.24) is 9.97 Å². The predicted molar refractivity (Wildman–Crippen MR) is 159 cm³/mol. The van der Waals surface area contributed by atoms with Crippen LogP contribution in [0.1, 0.15) is 53.0 Å². The van der Waals surface area contributed by atoms with Crippen LogP contribution in [-0.2, 0) is 12.8 Å². The molecule has 0 saturated carbocycles. The van der Waals surface area contributed by atoms with E-state index in [0.717, 1.165) is 65.2 Å². The summed E-state index contributed by atoms with van der Waals surface area (Å²) in [4.78, 5) is 10.7. The minimum Gasteiger partial charge on any atom is -0.456 e. The maximum Gasteiger partial charge on any atom is 0.143 e. The molecule has 4 nitrogen and oxygen atoms in total. The zero-order valence-corrected chi connectivity index (χ0v) is 22.1. The van der Waals surface area contributed by atoms with Gasteiger partial charge in [-0.3, -0.25) is 0 Å². The maximum atomic E-state index is 6.51. The third kappa shape index (κ3) is 3.17. The molecule has 4 heteroatoms. The van der Waals surface area contributed by atoms with Gasteiger partial charge in [0.25, 0.3) is 0 Å². The second kappa shape index (κ2) is 8.48. The first-order chi connectivity index (χ1) is 19.8. The van der Waals surface area contributed by atoms with Crippen LogP contribution >= 0.6 is 0 Å². The Morgan fingerprint density at radius 1 is 0.750 bits per heavy atom. The maximum absolute atomic E-state index is 6.51. The number of allylic oxidation sites excluding steroid dienone is 1. The number of nitrogens with zero attached hydrogens (tertiary/aromatic N) is 2. The molecule has 4 aromatic carbocycles. The molecule has 3 aliphatic rings. The van der Waals surface area contributed by atoms with Gasteiger partial charge in [-0.1, -0.05) is 72.8 Å². The van der Waals surface area contributed by atoms with E-state index in [1.54, 1.807) is 0 Å². The van der Waals surface area contributed by atoms with E-state index in [1.807, 2.05) is 0 Å². The van der Waals surface area contributed by atoms with E-state index in [9.17, 15) is 0 Å². The molecule has 2 aliphatic carbocycles. The van der Waals surface area contributed by atoms with Crippen LogP contribution in [0, 0.1) is 0 Å². The highest BCUT2D eigenvalue weighted by Gasteiger charge is 2.43. The number of nitrogens with two attached hydrogens (primary N) is 1. The van der Waals surface area contributed by atoms with Crippen LogP contribution < -0.4 is 5.32 Å². The van der Waals surface area contributed by atoms with Gasteiger partial charge in [-0.25, -0.2) is 9.97 Å². The normalized spacial score (nSPS) is 18.9. The number of aryl methyl sites for hydroxylation is 2. The number of aromatic nitrogens is 2. The minimum atomic E-state index is 0.131. The molecule has 40 heavy (non-hydrogen) atoms. The Balaban J connectivity index is 1.32. The van der Waals surface area contributed by atoms with Gasteiger partial charge in [0.05, 0.1) is 17.1 Å². The number of hydrogen-bond acceptors (Lipinski definition) is 3. The van der Waals surface area contributed by atoms with Crippen molar-refractivity contribution < 1.29 is 9.73 Å². The van der Waals surface area contributed by atoms with Crippen LogP contribution in [0.4, 0.5) is 5.69 Å². The molecule has 0 radical (unpaired) electrons. The van der Waals surface area contributed by atoms with E-state index in [-0.39, 0.29) is 12.0 Å². The molecule has 2 atom stereocenters. The number of hydrogen-bond donors (Lipinski definition) is 1. The fourth-order valence-electron chi connectivity index (χ4n) is 7.39. The van der Waals surface area contributed by atoms with Gasteiger partial charge in [0.2, 0.25) is 0 Å². The van der Waals surface area contributed by atoms with E-state index in [1.165, 1.54) is 38.7 Å². The van der Waals surface area contributed by atoms with Crippen LogP contribution in [-0.4, -0.2) is 9.97 Å². The first kappa shape index (κ1) is 22.3. The van der Waals surface area contributed by atoms with Crippen LogP contribution in [0.3, 0.4) is 0 Å². The van der Waals surface area contributed by atoms with E-state index >= 15 is 0 Å². The smallest absolute Gasteiger partial charge is 0.143 e. The fourth-order valence-corrected chi connectivity index (χ4v) is 7.39. The summed E-state index contributed by atoms with van der Waals surface area (Å²) in [7, 11) is 0. The van der Waals surface area contributed by atoms with Gasteiger partial charge in [0.15, 0.2) is 0 Å². The number of furan rings is 1. The average Bonchev–Trinajstić information content (AvgIpc) is 3.59. The second-order valence-electron chi connectivity index (χ2n) is 11.3. The van der Waals surface area contributed by atoms with Crippen molar-refractivity contribution in [3.63, 3.8) is 0 Å². The van der Waals surface area contributed by atoms with Crippen molar-refractivity contribution in [3.8, 4) is 22.4 Å². The Morgan fingerprint density at radius 2 is 1.60 bits per heavy atom. The van der Waals surface area contributed by atoms with Crippen molar-refractivity contribution in [2.75, 3.05) is 0 Å². The number of rotatable bonds is 2. The summed E-state index contributed by atoms with van der Waals surface area (Å²) >= 11 is 0. The van der Waals surface area contributed by atoms with Crippen molar-refractivity contribution in [2.45, 2.75) is 37.6 Å². The van der Waals surface area contributed by atoms with Crippen LogP contribution in [0.15, 0.2) is 95.4 Å². The van der Waals surface area contributed by atoms with Crippen molar-refractivity contribution in [3.05, 3.63) is 119 Å². The lowest BCUT2D eigenvalue weighted by molar-refractivity contribution is -0.611. The Morgan fingerprint density at radius 3 is 2.55 bits per heavy atom. The molecule has 2 unspecified atom stereocenters. The van der Waals surface area contributed by atoms with E-state index in [2.05, 4.69) is 102 Å². The monoisotopic (exact) mass is 518 g/mol. The molecule has 0 amide bonds. The highest BCUT2D eigenvalue weighted by Crippen LogP contribution is 2.50. The third-order valence-electron chi connectivity index (χ3n) is 9.15. The molecule has 6 aromatic rings. The number of fused-ring (bicyclic) bond motifs is 3. The van der Waals surface area contributed by atoms with Gasteiger partial charge in [-0.2, -0.15) is 0 Å². The summed E-state index contributed by atoms with van der Waals surface area (Å²) in [6.45, 7) is 0. The second-order valence-corrected chi connectivity index (χ2v) is 11.3. The minimum absolute atomic E-state index is 0.131. The Kier molecular flexibility index (Phi) is 4.73. The van der Waals surface area contributed by atoms with Crippen molar-refractivity contribution in [2.24, 2.45) is 0 Å². The van der Waals surface area contributed by atoms with E-state index in [0.29, 0.717) is 0 Å². The third-order valence-corrected chi connectivity index (χ3v) is 9.15. The molecule has 192 valence electrons. The molecule has 1 aliphatic heterocycles. The van der Waals surface area contributed by atoms with Crippen molar-refractivity contribution in [1.29, 1.82) is 0 Å². The molecule has 2 N–H and O–H groups in total. The highest BCUT2D eigenvalue weighted by atomic mass is 16.3. The van der Waals surface area contributed by atoms with E-state index < -0.39 is 0 Å². The quantitative estimate of drug-likeness (QED) is 0.240. The SMILES string of the molecule is C1=Cc2nc(C3[NH2+]c4ccc5oc6cccc7c6c5c4C3CCc3ccccc3-7)c(-c3ccccc3)nc2CC1. The Hall–Kier alpha value is -4.54. The first-order valence-corrected chi connectivity index (χ1v) is 14.4. The molecular formula is C36H28N3O+. The summed E-state index contributed by atoms with van der Waals surface area (Å²) in [6, 6.07) is 30.6. The summed E-state index contributed by atoms with van der Waals surface area (Å²) < 4.78 is 6.51. The topological polar surface area (TPSA) is 55.5 Å². The van der Waals surface area contributed by atoms with Gasteiger partial charge < -0.3 is 9.73 Å². The molecule has 3 heterocycles. The van der Waals surface area contributed by atoms with Crippen LogP contribution in [0.2, 0.25) is 0 Å². The lowest BCUT2D eigenvalue weighted by Gasteiger charge is -2.22. The molecule has 2 aromatic heterocycles. The van der Waals surface area contributed by atoms with Gasteiger partial charge in [0, 0.05) is 33.9 Å². The molecule has 0 spiro atoms. The zero-order valence-electron chi connectivity index (χ0n) is 22.1. The lowest BCUT2D eigenvalue weighted by Crippen LogP contribution is -2.77. The van der Waals surface area contributed by atoms with E-state index in [4.69, 9.17) is 14.4 Å². The first-order valence-electron chi connectivity index (χ1n) is 14.4. The molecular weight excluding hydrogens is 490 g/mol.